The minimum absolute atomic E-state index is 0.278. The Morgan fingerprint density at radius 3 is 2.48 bits per heavy atom. The summed E-state index contributed by atoms with van der Waals surface area (Å²) in [4.78, 5) is 28.2. The Bertz CT molecular complexity index is 726. The first-order chi connectivity index (χ1) is 10.9. The summed E-state index contributed by atoms with van der Waals surface area (Å²) >= 11 is 3.33. The molecule has 2 rings (SSSR count). The van der Waals surface area contributed by atoms with Crippen LogP contribution in [0.3, 0.4) is 0 Å². The van der Waals surface area contributed by atoms with Crippen molar-refractivity contribution in [1.82, 2.24) is 10.3 Å². The van der Waals surface area contributed by atoms with E-state index in [1.807, 2.05) is 26.0 Å². The van der Waals surface area contributed by atoms with E-state index in [0.29, 0.717) is 10.2 Å². The molecule has 0 saturated carbocycles. The van der Waals surface area contributed by atoms with E-state index in [4.69, 9.17) is 5.73 Å². The molecule has 120 valence electrons. The molecule has 1 heterocycles. The number of benzene rings is 1. The average molecular weight is 376 g/mol. The molecule has 0 saturated heterocycles. The van der Waals surface area contributed by atoms with Crippen molar-refractivity contribution in [2.45, 2.75) is 26.3 Å². The van der Waals surface area contributed by atoms with Crippen molar-refractivity contribution >= 4 is 27.7 Å². The summed E-state index contributed by atoms with van der Waals surface area (Å²) < 4.78 is 0.631. The molecule has 2 aromatic rings. The van der Waals surface area contributed by atoms with Gasteiger partial charge < -0.3 is 11.1 Å². The lowest BCUT2D eigenvalue weighted by atomic mass is 10.0. The molecule has 0 radical (unpaired) electrons. The maximum atomic E-state index is 12.4. The predicted molar refractivity (Wildman–Crippen MR) is 92.0 cm³/mol. The van der Waals surface area contributed by atoms with E-state index in [0.717, 1.165) is 16.7 Å². The molecule has 1 aromatic heterocycles. The lowest BCUT2D eigenvalue weighted by Gasteiger charge is -2.16. The second-order valence-electron chi connectivity index (χ2n) is 5.46. The summed E-state index contributed by atoms with van der Waals surface area (Å²) in [6.07, 6.45) is 1.92. The SMILES string of the molecule is Cc1cc(C)cc(C(=O)N[C@H](Cc2cccnc2Br)C(N)=O)c1. The largest absolute Gasteiger partial charge is 0.368 e. The molecule has 0 fully saturated rings. The van der Waals surface area contributed by atoms with E-state index >= 15 is 0 Å². The Labute approximate surface area is 143 Å². The first-order valence-electron chi connectivity index (χ1n) is 7.14. The Kier molecular flexibility index (Phi) is 5.50. The number of carbonyl (C=O) groups is 2. The Hall–Kier alpha value is -2.21. The monoisotopic (exact) mass is 375 g/mol. The molecule has 23 heavy (non-hydrogen) atoms. The zero-order valence-electron chi connectivity index (χ0n) is 13.0. The van der Waals surface area contributed by atoms with Gasteiger partial charge in [0.1, 0.15) is 10.6 Å². The van der Waals surface area contributed by atoms with Gasteiger partial charge in [0.15, 0.2) is 0 Å². The number of aryl methyl sites for hydroxylation is 2. The Morgan fingerprint density at radius 2 is 1.91 bits per heavy atom. The average Bonchev–Trinajstić information content (AvgIpc) is 2.47. The van der Waals surface area contributed by atoms with Crippen molar-refractivity contribution in [3.05, 3.63) is 63.4 Å². The van der Waals surface area contributed by atoms with Crippen LogP contribution in [0.15, 0.2) is 41.1 Å². The number of nitrogens with two attached hydrogens (primary N) is 1. The third-order valence-corrected chi connectivity index (χ3v) is 4.11. The van der Waals surface area contributed by atoms with Gasteiger partial charge in [0.05, 0.1) is 0 Å². The molecule has 1 aromatic carbocycles. The fourth-order valence-electron chi connectivity index (χ4n) is 2.36. The van der Waals surface area contributed by atoms with Crippen LogP contribution in [0, 0.1) is 13.8 Å². The molecule has 0 spiro atoms. The van der Waals surface area contributed by atoms with Crippen molar-refractivity contribution in [2.75, 3.05) is 0 Å². The number of primary amides is 1. The van der Waals surface area contributed by atoms with Gasteiger partial charge in [0.25, 0.3) is 5.91 Å². The molecular weight excluding hydrogens is 358 g/mol. The number of halogens is 1. The molecule has 0 bridgehead atoms. The lowest BCUT2D eigenvalue weighted by molar-refractivity contribution is -0.119. The molecule has 1 atom stereocenters. The van der Waals surface area contributed by atoms with Crippen LogP contribution < -0.4 is 11.1 Å². The van der Waals surface area contributed by atoms with Gasteiger partial charge in [0.2, 0.25) is 5.91 Å². The summed E-state index contributed by atoms with van der Waals surface area (Å²) in [7, 11) is 0. The highest BCUT2D eigenvalue weighted by Crippen LogP contribution is 2.15. The van der Waals surface area contributed by atoms with Crippen molar-refractivity contribution in [2.24, 2.45) is 5.73 Å². The summed E-state index contributed by atoms with van der Waals surface area (Å²) in [6.45, 7) is 3.84. The highest BCUT2D eigenvalue weighted by molar-refractivity contribution is 9.10. The van der Waals surface area contributed by atoms with Crippen LogP contribution in [0.5, 0.6) is 0 Å². The van der Waals surface area contributed by atoms with Gasteiger partial charge in [-0.2, -0.15) is 0 Å². The quantitative estimate of drug-likeness (QED) is 0.786. The minimum Gasteiger partial charge on any atom is -0.368 e. The number of nitrogens with one attached hydrogen (secondary N) is 1. The number of pyridine rings is 1. The van der Waals surface area contributed by atoms with Crippen LogP contribution >= 0.6 is 15.9 Å². The maximum Gasteiger partial charge on any atom is 0.251 e. The number of hydrogen-bond acceptors (Lipinski definition) is 3. The van der Waals surface area contributed by atoms with Crippen LogP contribution in [0.2, 0.25) is 0 Å². The normalized spacial score (nSPS) is 11.8. The smallest absolute Gasteiger partial charge is 0.251 e. The standard InChI is InChI=1S/C17H18BrN3O2/c1-10-6-11(2)8-13(7-10)17(23)21-14(16(19)22)9-12-4-3-5-20-15(12)18/h3-8,14H,9H2,1-2H3,(H2,19,22)(H,21,23)/t14-/m1/s1. The summed E-state index contributed by atoms with van der Waals surface area (Å²) in [5.41, 5.74) is 8.72. The Morgan fingerprint density at radius 1 is 1.26 bits per heavy atom. The molecule has 5 nitrogen and oxygen atoms in total. The van der Waals surface area contributed by atoms with Crippen LogP contribution in [-0.2, 0) is 11.2 Å². The van der Waals surface area contributed by atoms with Crippen molar-refractivity contribution in [3.8, 4) is 0 Å². The van der Waals surface area contributed by atoms with E-state index in [9.17, 15) is 9.59 Å². The van der Waals surface area contributed by atoms with E-state index < -0.39 is 11.9 Å². The fourth-order valence-corrected chi connectivity index (χ4v) is 2.77. The second-order valence-corrected chi connectivity index (χ2v) is 6.21. The van der Waals surface area contributed by atoms with Crippen LogP contribution in [-0.4, -0.2) is 22.8 Å². The van der Waals surface area contributed by atoms with E-state index in [1.165, 1.54) is 0 Å². The number of nitrogens with zero attached hydrogens (tertiary/aromatic N) is 1. The zero-order valence-corrected chi connectivity index (χ0v) is 14.6. The number of amides is 2. The second kappa shape index (κ2) is 7.37. The number of hydrogen-bond donors (Lipinski definition) is 2. The molecule has 2 amide bonds. The van der Waals surface area contributed by atoms with Gasteiger partial charge in [-0.05, 0) is 53.5 Å². The topological polar surface area (TPSA) is 85.1 Å². The molecule has 0 unspecified atom stereocenters. The van der Waals surface area contributed by atoms with Crippen molar-refractivity contribution in [1.29, 1.82) is 0 Å². The maximum absolute atomic E-state index is 12.4. The molecule has 0 aliphatic heterocycles. The van der Waals surface area contributed by atoms with E-state index in [1.54, 1.807) is 24.4 Å². The predicted octanol–water partition coefficient (Wildman–Crippen LogP) is 2.29. The Balaban J connectivity index is 2.18. The minimum atomic E-state index is -0.802. The van der Waals surface area contributed by atoms with Gasteiger partial charge in [-0.1, -0.05) is 23.3 Å². The van der Waals surface area contributed by atoms with Crippen molar-refractivity contribution < 1.29 is 9.59 Å². The summed E-state index contributed by atoms with van der Waals surface area (Å²) in [6, 6.07) is 8.33. The van der Waals surface area contributed by atoms with Crippen molar-refractivity contribution in [3.63, 3.8) is 0 Å². The van der Waals surface area contributed by atoms with Gasteiger partial charge in [-0.3, -0.25) is 9.59 Å². The van der Waals surface area contributed by atoms with E-state index in [-0.39, 0.29) is 12.3 Å². The van der Waals surface area contributed by atoms with Gasteiger partial charge in [0, 0.05) is 18.2 Å². The molecule has 6 heteroatoms. The molecule has 0 aliphatic carbocycles. The van der Waals surface area contributed by atoms with Crippen LogP contribution in [0.1, 0.15) is 27.0 Å². The first-order valence-corrected chi connectivity index (χ1v) is 7.94. The highest BCUT2D eigenvalue weighted by atomic mass is 79.9. The van der Waals surface area contributed by atoms with Gasteiger partial charge in [-0.25, -0.2) is 4.98 Å². The first kappa shape index (κ1) is 17.1. The molecule has 3 N–H and O–H groups in total. The number of aromatic nitrogens is 1. The molecule has 0 aliphatic rings. The molecular formula is C17H18BrN3O2. The lowest BCUT2D eigenvalue weighted by Crippen LogP contribution is -2.46. The van der Waals surface area contributed by atoms with Gasteiger partial charge in [-0.15, -0.1) is 0 Å². The summed E-state index contributed by atoms with van der Waals surface area (Å²) in [5.74, 6) is -0.904. The van der Waals surface area contributed by atoms with E-state index in [2.05, 4.69) is 26.2 Å². The highest BCUT2D eigenvalue weighted by Gasteiger charge is 2.21. The third kappa shape index (κ3) is 4.63. The third-order valence-electron chi connectivity index (χ3n) is 3.39. The van der Waals surface area contributed by atoms with Crippen LogP contribution in [0.25, 0.3) is 0 Å². The number of rotatable bonds is 5. The van der Waals surface area contributed by atoms with Gasteiger partial charge >= 0.3 is 0 Å². The summed E-state index contributed by atoms with van der Waals surface area (Å²) in [5, 5.41) is 2.70. The fraction of sp³-hybridized carbons (Fsp3) is 0.235. The van der Waals surface area contributed by atoms with Crippen LogP contribution in [0.4, 0.5) is 0 Å². The zero-order chi connectivity index (χ0) is 17.0. The number of carbonyl (C=O) groups excluding carboxylic acids is 2.